The largest absolute Gasteiger partial charge is 0.383 e. The van der Waals surface area contributed by atoms with Gasteiger partial charge in [-0.15, -0.1) is 0 Å². The van der Waals surface area contributed by atoms with Crippen LogP contribution in [0.4, 0.5) is 11.6 Å². The lowest BCUT2D eigenvalue weighted by Crippen LogP contribution is -2.14. The van der Waals surface area contributed by atoms with Gasteiger partial charge in [0.15, 0.2) is 5.16 Å². The van der Waals surface area contributed by atoms with Gasteiger partial charge in [-0.1, -0.05) is 28.9 Å². The molecule has 0 unspecified atom stereocenters. The van der Waals surface area contributed by atoms with E-state index in [0.29, 0.717) is 16.8 Å². The van der Waals surface area contributed by atoms with Gasteiger partial charge >= 0.3 is 0 Å². The number of benzene rings is 1. The Labute approximate surface area is 137 Å². The van der Waals surface area contributed by atoms with Crippen LogP contribution in [0.3, 0.4) is 0 Å². The van der Waals surface area contributed by atoms with Crippen LogP contribution in [-0.2, 0) is 6.54 Å². The molecule has 0 saturated carbocycles. The lowest BCUT2D eigenvalue weighted by atomic mass is 10.2. The predicted molar refractivity (Wildman–Crippen MR) is 91.1 cm³/mol. The van der Waals surface area contributed by atoms with Crippen LogP contribution in [0.5, 0.6) is 0 Å². The highest BCUT2D eigenvalue weighted by Crippen LogP contribution is 2.31. The molecule has 1 heterocycles. The van der Waals surface area contributed by atoms with Crippen molar-refractivity contribution in [1.29, 1.82) is 0 Å². The SMILES string of the molecule is CCCNCc1ccc(Br)cc1Sc1nc(N)cc(N)n1. The Hall–Kier alpha value is -1.31. The zero-order valence-electron chi connectivity index (χ0n) is 11.8. The highest BCUT2D eigenvalue weighted by atomic mass is 79.9. The first kappa shape index (κ1) is 16.1. The van der Waals surface area contributed by atoms with Crippen molar-refractivity contribution in [3.63, 3.8) is 0 Å². The molecule has 1 aromatic heterocycles. The molecule has 1 aromatic carbocycles. The second kappa shape index (κ2) is 7.63. The van der Waals surface area contributed by atoms with Crippen molar-refractivity contribution in [3.8, 4) is 0 Å². The number of anilines is 2. The van der Waals surface area contributed by atoms with Gasteiger partial charge in [-0.05, 0) is 42.4 Å². The summed E-state index contributed by atoms with van der Waals surface area (Å²) in [6.07, 6.45) is 1.11. The van der Waals surface area contributed by atoms with Crippen LogP contribution >= 0.6 is 27.7 Å². The summed E-state index contributed by atoms with van der Waals surface area (Å²) in [5.41, 5.74) is 12.6. The van der Waals surface area contributed by atoms with Gasteiger partial charge in [0.1, 0.15) is 11.6 Å². The molecule has 112 valence electrons. The molecule has 21 heavy (non-hydrogen) atoms. The van der Waals surface area contributed by atoms with E-state index in [1.165, 1.54) is 17.3 Å². The molecule has 0 saturated heterocycles. The molecule has 0 fully saturated rings. The fourth-order valence-electron chi connectivity index (χ4n) is 1.78. The van der Waals surface area contributed by atoms with Crippen molar-refractivity contribution < 1.29 is 0 Å². The van der Waals surface area contributed by atoms with E-state index in [0.717, 1.165) is 28.9 Å². The van der Waals surface area contributed by atoms with Crippen molar-refractivity contribution >= 4 is 39.3 Å². The van der Waals surface area contributed by atoms with Gasteiger partial charge in [-0.3, -0.25) is 0 Å². The fourth-order valence-corrected chi connectivity index (χ4v) is 3.24. The standard InChI is InChI=1S/C14H18BrN5S/c1-2-5-18-8-9-3-4-10(15)6-11(9)21-14-19-12(16)7-13(17)20-14/h3-4,6-7,18H,2,5,8H2,1H3,(H4,16,17,19,20). The number of rotatable bonds is 6. The molecule has 0 amide bonds. The fraction of sp³-hybridized carbons (Fsp3) is 0.286. The third-order valence-corrected chi connectivity index (χ3v) is 4.18. The van der Waals surface area contributed by atoms with Crippen LogP contribution < -0.4 is 16.8 Å². The summed E-state index contributed by atoms with van der Waals surface area (Å²) in [6, 6.07) is 7.72. The van der Waals surface area contributed by atoms with E-state index in [1.54, 1.807) is 6.07 Å². The molecule has 0 spiro atoms. The molecule has 0 aliphatic heterocycles. The van der Waals surface area contributed by atoms with Gasteiger partial charge in [-0.25, -0.2) is 9.97 Å². The molecule has 2 aromatic rings. The maximum absolute atomic E-state index is 5.71. The Kier molecular flexibility index (Phi) is 5.84. The second-order valence-electron chi connectivity index (χ2n) is 4.53. The first-order valence-electron chi connectivity index (χ1n) is 6.65. The Bertz CT molecular complexity index is 600. The third kappa shape index (κ3) is 4.87. The maximum atomic E-state index is 5.71. The minimum Gasteiger partial charge on any atom is -0.383 e. The van der Waals surface area contributed by atoms with E-state index in [4.69, 9.17) is 11.5 Å². The number of hydrogen-bond donors (Lipinski definition) is 3. The van der Waals surface area contributed by atoms with E-state index in [1.807, 2.05) is 6.07 Å². The number of nitrogens with zero attached hydrogens (tertiary/aromatic N) is 2. The van der Waals surface area contributed by atoms with Crippen molar-refractivity contribution in [2.75, 3.05) is 18.0 Å². The Balaban J connectivity index is 2.22. The highest BCUT2D eigenvalue weighted by Gasteiger charge is 2.09. The number of nitrogens with one attached hydrogen (secondary N) is 1. The van der Waals surface area contributed by atoms with Crippen LogP contribution in [0.2, 0.25) is 0 Å². The summed E-state index contributed by atoms with van der Waals surface area (Å²) in [5.74, 6) is 0.760. The maximum Gasteiger partial charge on any atom is 0.196 e. The Morgan fingerprint density at radius 1 is 1.19 bits per heavy atom. The normalized spacial score (nSPS) is 10.8. The van der Waals surface area contributed by atoms with Crippen LogP contribution in [0.15, 0.2) is 38.8 Å². The molecule has 0 radical (unpaired) electrons. The van der Waals surface area contributed by atoms with E-state index in [-0.39, 0.29) is 0 Å². The van der Waals surface area contributed by atoms with Gasteiger partial charge in [0, 0.05) is 22.0 Å². The number of hydrogen-bond acceptors (Lipinski definition) is 6. The molecule has 5 nitrogen and oxygen atoms in total. The first-order chi connectivity index (χ1) is 10.1. The smallest absolute Gasteiger partial charge is 0.196 e. The summed E-state index contributed by atoms with van der Waals surface area (Å²) < 4.78 is 1.01. The molecule has 0 aliphatic rings. The van der Waals surface area contributed by atoms with E-state index >= 15 is 0 Å². The summed E-state index contributed by atoms with van der Waals surface area (Å²) in [6.45, 7) is 3.94. The van der Waals surface area contributed by atoms with Crippen LogP contribution in [0.1, 0.15) is 18.9 Å². The van der Waals surface area contributed by atoms with Gasteiger partial charge in [0.25, 0.3) is 0 Å². The summed E-state index contributed by atoms with van der Waals surface area (Å²) >= 11 is 4.96. The Morgan fingerprint density at radius 2 is 1.90 bits per heavy atom. The predicted octanol–water partition coefficient (Wildman–Crippen LogP) is 3.05. The van der Waals surface area contributed by atoms with Gasteiger partial charge < -0.3 is 16.8 Å². The number of nitrogens with two attached hydrogens (primary N) is 2. The lowest BCUT2D eigenvalue weighted by Gasteiger charge is -2.10. The number of nitrogen functional groups attached to an aromatic ring is 2. The average molecular weight is 368 g/mol. The van der Waals surface area contributed by atoms with Crippen LogP contribution in [0.25, 0.3) is 0 Å². The molecule has 0 aliphatic carbocycles. The average Bonchev–Trinajstić information content (AvgIpc) is 2.40. The van der Waals surface area contributed by atoms with Gasteiger partial charge in [-0.2, -0.15) is 0 Å². The third-order valence-electron chi connectivity index (χ3n) is 2.72. The quantitative estimate of drug-likeness (QED) is 0.536. The molecule has 2 rings (SSSR count). The minimum atomic E-state index is 0.380. The van der Waals surface area contributed by atoms with Crippen LogP contribution in [-0.4, -0.2) is 16.5 Å². The van der Waals surface area contributed by atoms with Crippen molar-refractivity contribution in [1.82, 2.24) is 15.3 Å². The molecule has 7 heteroatoms. The van der Waals surface area contributed by atoms with Crippen molar-refractivity contribution in [2.45, 2.75) is 29.9 Å². The topological polar surface area (TPSA) is 89.8 Å². The molecule has 0 atom stereocenters. The second-order valence-corrected chi connectivity index (χ2v) is 6.46. The summed E-state index contributed by atoms with van der Waals surface area (Å²) in [4.78, 5) is 9.50. The molecular weight excluding hydrogens is 350 g/mol. The molecule has 0 bridgehead atoms. The first-order valence-corrected chi connectivity index (χ1v) is 8.26. The Morgan fingerprint density at radius 3 is 2.57 bits per heavy atom. The van der Waals surface area contributed by atoms with E-state index in [9.17, 15) is 0 Å². The number of aromatic nitrogens is 2. The number of halogens is 1. The molecule has 5 N–H and O–H groups in total. The zero-order valence-corrected chi connectivity index (χ0v) is 14.2. The summed E-state index contributed by atoms with van der Waals surface area (Å²) in [5, 5.41) is 3.96. The highest BCUT2D eigenvalue weighted by molar-refractivity contribution is 9.10. The lowest BCUT2D eigenvalue weighted by molar-refractivity contribution is 0.669. The summed E-state index contributed by atoms with van der Waals surface area (Å²) in [7, 11) is 0. The van der Waals surface area contributed by atoms with Crippen molar-refractivity contribution in [3.05, 3.63) is 34.3 Å². The van der Waals surface area contributed by atoms with Crippen molar-refractivity contribution in [2.24, 2.45) is 0 Å². The minimum absolute atomic E-state index is 0.380. The van der Waals surface area contributed by atoms with E-state index in [2.05, 4.69) is 50.3 Å². The van der Waals surface area contributed by atoms with Gasteiger partial charge in [0.2, 0.25) is 0 Å². The monoisotopic (exact) mass is 367 g/mol. The van der Waals surface area contributed by atoms with Gasteiger partial charge in [0.05, 0.1) is 0 Å². The van der Waals surface area contributed by atoms with Crippen LogP contribution in [0, 0.1) is 0 Å². The molecular formula is C14H18BrN5S. The van der Waals surface area contributed by atoms with E-state index < -0.39 is 0 Å². The zero-order chi connectivity index (χ0) is 15.2.